The number of halogens is 2. The molecular weight excluding hydrogens is 346 g/mol. The minimum absolute atomic E-state index is 0.00406. The Morgan fingerprint density at radius 1 is 1.20 bits per heavy atom. The van der Waals surface area contributed by atoms with Gasteiger partial charge in [-0.3, -0.25) is 4.79 Å². The largest absolute Gasteiger partial charge is 0.382 e. The van der Waals surface area contributed by atoms with Gasteiger partial charge in [0.05, 0.1) is 5.56 Å². The maximum absolute atomic E-state index is 13.7. The van der Waals surface area contributed by atoms with E-state index in [4.69, 9.17) is 11.0 Å². The molecule has 0 amide bonds. The van der Waals surface area contributed by atoms with Crippen LogP contribution in [0.5, 0.6) is 0 Å². The van der Waals surface area contributed by atoms with Crippen molar-refractivity contribution in [2.24, 2.45) is 0 Å². The van der Waals surface area contributed by atoms with Gasteiger partial charge in [-0.1, -0.05) is 11.3 Å². The summed E-state index contributed by atoms with van der Waals surface area (Å²) in [7, 11) is 0. The fourth-order valence-corrected chi connectivity index (χ4v) is 2.95. The third-order valence-electron chi connectivity index (χ3n) is 3.31. The smallest absolute Gasteiger partial charge is 0.206 e. The zero-order chi connectivity index (χ0) is 18.0. The predicted molar refractivity (Wildman–Crippen MR) is 90.8 cm³/mol. The fraction of sp³-hybridized carbons (Fsp3) is 0. The van der Waals surface area contributed by atoms with Gasteiger partial charge in [-0.2, -0.15) is 5.26 Å². The number of benzene rings is 2. The van der Waals surface area contributed by atoms with E-state index in [0.717, 1.165) is 17.4 Å². The molecule has 8 heteroatoms. The second kappa shape index (κ2) is 6.67. The van der Waals surface area contributed by atoms with Crippen molar-refractivity contribution in [2.75, 3.05) is 11.1 Å². The standard InChI is InChI=1S/C17H10F2N4OS/c18-11-3-5-12(6-4-11)22-17-23-16(21)15(25-17)14(24)9-1-2-10(8-20)13(19)7-9/h1-7H,21H2,(H,22,23). The number of hydrogen-bond donors (Lipinski definition) is 2. The monoisotopic (exact) mass is 356 g/mol. The number of nitrogens with two attached hydrogens (primary N) is 1. The van der Waals surface area contributed by atoms with Crippen LogP contribution in [0.1, 0.15) is 20.8 Å². The van der Waals surface area contributed by atoms with Crippen molar-refractivity contribution < 1.29 is 13.6 Å². The average molecular weight is 356 g/mol. The van der Waals surface area contributed by atoms with E-state index in [1.807, 2.05) is 0 Å². The third kappa shape index (κ3) is 3.46. The molecule has 2 aromatic carbocycles. The molecule has 3 aromatic rings. The Balaban J connectivity index is 1.86. The molecule has 124 valence electrons. The van der Waals surface area contributed by atoms with Crippen LogP contribution in [0.25, 0.3) is 0 Å². The molecule has 0 aliphatic rings. The second-order valence-electron chi connectivity index (χ2n) is 5.00. The number of aromatic nitrogens is 1. The van der Waals surface area contributed by atoms with E-state index in [9.17, 15) is 13.6 Å². The number of carbonyl (C=O) groups is 1. The minimum Gasteiger partial charge on any atom is -0.382 e. The third-order valence-corrected chi connectivity index (χ3v) is 4.29. The van der Waals surface area contributed by atoms with Crippen LogP contribution in [0.2, 0.25) is 0 Å². The van der Waals surface area contributed by atoms with Gasteiger partial charge in [-0.15, -0.1) is 0 Å². The number of ketones is 1. The summed E-state index contributed by atoms with van der Waals surface area (Å²) < 4.78 is 26.6. The highest BCUT2D eigenvalue weighted by molar-refractivity contribution is 7.18. The van der Waals surface area contributed by atoms with E-state index in [1.165, 1.54) is 36.4 Å². The number of nitriles is 1. The maximum Gasteiger partial charge on any atom is 0.206 e. The average Bonchev–Trinajstić information content (AvgIpc) is 2.96. The maximum atomic E-state index is 13.7. The number of nitrogens with one attached hydrogen (secondary N) is 1. The van der Waals surface area contributed by atoms with Gasteiger partial charge in [-0.25, -0.2) is 13.8 Å². The first-order valence-electron chi connectivity index (χ1n) is 7.01. The van der Waals surface area contributed by atoms with Crippen molar-refractivity contribution >= 4 is 33.8 Å². The zero-order valence-corrected chi connectivity index (χ0v) is 13.4. The van der Waals surface area contributed by atoms with Crippen LogP contribution in [-0.4, -0.2) is 10.8 Å². The molecule has 0 aliphatic carbocycles. The SMILES string of the molecule is N#Cc1ccc(C(=O)c2sc(Nc3ccc(F)cc3)nc2N)cc1F. The lowest BCUT2D eigenvalue weighted by Gasteiger charge is -2.01. The lowest BCUT2D eigenvalue weighted by molar-refractivity contribution is 0.104. The van der Waals surface area contributed by atoms with Crippen LogP contribution in [-0.2, 0) is 0 Å². The Kier molecular flexibility index (Phi) is 4.41. The molecule has 0 aliphatic heterocycles. The topological polar surface area (TPSA) is 91.8 Å². The van der Waals surface area contributed by atoms with Crippen molar-refractivity contribution in [3.05, 3.63) is 70.1 Å². The molecule has 0 unspecified atom stereocenters. The number of anilines is 3. The van der Waals surface area contributed by atoms with Gasteiger partial charge in [0.2, 0.25) is 5.78 Å². The zero-order valence-electron chi connectivity index (χ0n) is 12.6. The van der Waals surface area contributed by atoms with Gasteiger partial charge in [0.1, 0.15) is 28.4 Å². The van der Waals surface area contributed by atoms with Gasteiger partial charge < -0.3 is 11.1 Å². The van der Waals surface area contributed by atoms with Gasteiger partial charge in [0.25, 0.3) is 0 Å². The van der Waals surface area contributed by atoms with Crippen molar-refractivity contribution in [3.63, 3.8) is 0 Å². The molecule has 3 N–H and O–H groups in total. The van der Waals surface area contributed by atoms with Crippen LogP contribution in [0.15, 0.2) is 42.5 Å². The molecule has 3 rings (SSSR count). The van der Waals surface area contributed by atoms with Gasteiger partial charge >= 0.3 is 0 Å². The summed E-state index contributed by atoms with van der Waals surface area (Å²) >= 11 is 0.999. The molecule has 1 aromatic heterocycles. The molecule has 0 atom stereocenters. The lowest BCUT2D eigenvalue weighted by atomic mass is 10.1. The van der Waals surface area contributed by atoms with Crippen molar-refractivity contribution in [1.29, 1.82) is 5.26 Å². The molecule has 0 radical (unpaired) electrons. The highest BCUT2D eigenvalue weighted by Gasteiger charge is 2.19. The highest BCUT2D eigenvalue weighted by atomic mass is 32.1. The Labute approximate surface area is 145 Å². The minimum atomic E-state index is -0.777. The highest BCUT2D eigenvalue weighted by Crippen LogP contribution is 2.30. The van der Waals surface area contributed by atoms with Crippen molar-refractivity contribution in [2.45, 2.75) is 0 Å². The summed E-state index contributed by atoms with van der Waals surface area (Å²) in [5, 5.41) is 12.0. The number of carbonyl (C=O) groups excluding carboxylic acids is 1. The van der Waals surface area contributed by atoms with Crippen LogP contribution in [0.3, 0.4) is 0 Å². The summed E-state index contributed by atoms with van der Waals surface area (Å²) in [6.07, 6.45) is 0. The summed E-state index contributed by atoms with van der Waals surface area (Å²) in [5.41, 5.74) is 6.29. The fourth-order valence-electron chi connectivity index (χ4n) is 2.08. The van der Waals surface area contributed by atoms with Crippen LogP contribution >= 0.6 is 11.3 Å². The van der Waals surface area contributed by atoms with E-state index < -0.39 is 11.6 Å². The first-order valence-corrected chi connectivity index (χ1v) is 7.83. The van der Waals surface area contributed by atoms with Crippen LogP contribution in [0.4, 0.5) is 25.4 Å². The van der Waals surface area contributed by atoms with Crippen LogP contribution < -0.4 is 11.1 Å². The number of thiazole rings is 1. The Morgan fingerprint density at radius 3 is 2.56 bits per heavy atom. The van der Waals surface area contributed by atoms with Gasteiger partial charge in [0, 0.05) is 11.3 Å². The molecule has 0 spiro atoms. The van der Waals surface area contributed by atoms with Crippen LogP contribution in [0, 0.1) is 23.0 Å². The normalized spacial score (nSPS) is 10.3. The molecule has 0 saturated heterocycles. The summed E-state index contributed by atoms with van der Waals surface area (Å²) in [6.45, 7) is 0. The first kappa shape index (κ1) is 16.5. The number of nitrogen functional groups attached to an aromatic ring is 1. The quantitative estimate of drug-likeness (QED) is 0.693. The predicted octanol–water partition coefficient (Wildman–Crippen LogP) is 3.85. The molecule has 1 heterocycles. The van der Waals surface area contributed by atoms with E-state index in [2.05, 4.69) is 10.3 Å². The Morgan fingerprint density at radius 2 is 1.92 bits per heavy atom. The molecule has 5 nitrogen and oxygen atoms in total. The van der Waals surface area contributed by atoms with E-state index in [1.54, 1.807) is 6.07 Å². The number of hydrogen-bond acceptors (Lipinski definition) is 6. The molecular formula is C17H10F2N4OS. The summed E-state index contributed by atoms with van der Waals surface area (Å²) in [6, 6.07) is 10.9. The van der Waals surface area contributed by atoms with Gasteiger partial charge in [-0.05, 0) is 42.5 Å². The Bertz CT molecular complexity index is 993. The molecule has 0 fully saturated rings. The molecule has 0 bridgehead atoms. The number of nitrogens with zero attached hydrogens (tertiary/aromatic N) is 2. The number of rotatable bonds is 4. The van der Waals surface area contributed by atoms with E-state index >= 15 is 0 Å². The second-order valence-corrected chi connectivity index (χ2v) is 6.00. The van der Waals surface area contributed by atoms with E-state index in [-0.39, 0.29) is 27.6 Å². The van der Waals surface area contributed by atoms with Gasteiger partial charge in [0.15, 0.2) is 5.13 Å². The first-order chi connectivity index (χ1) is 12.0. The lowest BCUT2D eigenvalue weighted by Crippen LogP contribution is -2.03. The van der Waals surface area contributed by atoms with Crippen molar-refractivity contribution in [1.82, 2.24) is 4.98 Å². The molecule has 25 heavy (non-hydrogen) atoms. The molecule has 0 saturated carbocycles. The van der Waals surface area contributed by atoms with Crippen molar-refractivity contribution in [3.8, 4) is 6.07 Å². The Hall–Kier alpha value is -3.31. The van der Waals surface area contributed by atoms with E-state index in [0.29, 0.717) is 10.8 Å². The summed E-state index contributed by atoms with van der Waals surface area (Å²) in [4.78, 5) is 16.7. The summed E-state index contributed by atoms with van der Waals surface area (Å²) in [5.74, 6) is -1.64.